The molecule has 0 aliphatic carbocycles. The Hall–Kier alpha value is -6.16. The second-order valence-corrected chi connectivity index (χ2v) is 21.5. The van der Waals surface area contributed by atoms with Gasteiger partial charge in [-0.25, -0.2) is 13.4 Å². The molecule has 7 heterocycles. The van der Waals surface area contributed by atoms with Crippen LogP contribution in [0.15, 0.2) is 65.5 Å². The van der Waals surface area contributed by atoms with Crippen molar-refractivity contribution in [3.63, 3.8) is 0 Å². The lowest BCUT2D eigenvalue weighted by Gasteiger charge is -2.39. The lowest BCUT2D eigenvalue weighted by molar-refractivity contribution is -0.136. The van der Waals surface area contributed by atoms with Crippen molar-refractivity contribution in [1.82, 2.24) is 40.0 Å². The minimum Gasteiger partial charge on any atom is -0.494 e. The molecule has 21 heteroatoms. The molecule has 0 bridgehead atoms. The maximum atomic E-state index is 13.2. The second-order valence-electron chi connectivity index (χ2n) is 18.9. The van der Waals surface area contributed by atoms with Crippen LogP contribution in [0.1, 0.15) is 60.5 Å². The van der Waals surface area contributed by atoms with Crippen molar-refractivity contribution in [2.45, 2.75) is 64.1 Å². The van der Waals surface area contributed by atoms with Crippen molar-refractivity contribution in [3.8, 4) is 5.75 Å². The Kier molecular flexibility index (Phi) is 13.5. The lowest BCUT2D eigenvalue weighted by Crippen LogP contribution is -2.52. The van der Waals surface area contributed by atoms with Gasteiger partial charge in [0.05, 0.1) is 40.4 Å². The molecule has 0 spiro atoms. The highest BCUT2D eigenvalue weighted by Crippen LogP contribution is 2.39. The summed E-state index contributed by atoms with van der Waals surface area (Å²) in [5, 5.41) is 9.01. The van der Waals surface area contributed by atoms with Crippen molar-refractivity contribution >= 4 is 94.9 Å². The number of nitrogens with zero attached hydrogens (tertiary/aromatic N) is 9. The number of hydrogen-bond donors (Lipinski definition) is 4. The van der Waals surface area contributed by atoms with E-state index in [1.54, 1.807) is 36.5 Å². The summed E-state index contributed by atoms with van der Waals surface area (Å²) in [4.78, 5) is 67.3. The number of amides is 3. The normalized spacial score (nSPS) is 20.5. The van der Waals surface area contributed by atoms with Gasteiger partial charge in [0.2, 0.25) is 27.8 Å². The van der Waals surface area contributed by atoms with Gasteiger partial charge in [0, 0.05) is 113 Å². The molecule has 2 aromatic heterocycles. The summed E-state index contributed by atoms with van der Waals surface area (Å²) >= 11 is 3.55. The van der Waals surface area contributed by atoms with Crippen molar-refractivity contribution in [3.05, 3.63) is 82.2 Å². The number of carbonyl (C=O) groups is 3. The standard InChI is InChI=1S/C49H58BrN13O6S/c1-4-31-24-39(55-49-53-26-36(50)46(57-49)54-38-8-7-37-44(52-15-14-51-37)45(38)58-70(3,67)68)42(69-2)25-41(31)61-17-12-33(13-18-61)62-16-11-30(28-62)27-59-19-21-60(22-20-59)34-5-6-35-32(23-34)29-63(48(35)66)40-9-10-43(64)56-47(40)65/h5-8,14-15,23-26,30,33,40,58H,4,9-13,16-22,27-29H2,1-3H3,(H,56,64,65)(H2,53,54,55,57)/t30-,40-/m0/s1. The average Bonchev–Trinajstić information content (AvgIpc) is 3.96. The molecular formula is C49H58BrN13O6S. The third-order valence-corrected chi connectivity index (χ3v) is 15.5. The van der Waals surface area contributed by atoms with Crippen LogP contribution >= 0.6 is 15.9 Å². The zero-order chi connectivity index (χ0) is 48.7. The fourth-order valence-corrected chi connectivity index (χ4v) is 11.6. The molecule has 3 amide bonds. The third-order valence-electron chi connectivity index (χ3n) is 14.4. The molecule has 3 aromatic carbocycles. The third kappa shape index (κ3) is 10.1. The topological polar surface area (TPSA) is 210 Å². The fraction of sp³-hybridized carbons (Fsp3) is 0.449. The highest BCUT2D eigenvalue weighted by molar-refractivity contribution is 9.10. The van der Waals surface area contributed by atoms with Crippen molar-refractivity contribution in [1.29, 1.82) is 0 Å². The smallest absolute Gasteiger partial charge is 0.255 e. The molecular weight excluding hydrogens is 979 g/mol. The Bertz CT molecular complexity index is 2950. The van der Waals surface area contributed by atoms with Crippen molar-refractivity contribution < 1.29 is 27.5 Å². The number of imide groups is 1. The van der Waals surface area contributed by atoms with Gasteiger partial charge in [-0.15, -0.1) is 0 Å². The highest BCUT2D eigenvalue weighted by atomic mass is 79.9. The van der Waals surface area contributed by atoms with E-state index in [4.69, 9.17) is 9.72 Å². The van der Waals surface area contributed by atoms with Crippen LogP contribution in [0.5, 0.6) is 5.75 Å². The van der Waals surface area contributed by atoms with Gasteiger partial charge in [-0.05, 0) is 108 Å². The van der Waals surface area contributed by atoms with Gasteiger partial charge in [0.1, 0.15) is 23.1 Å². The highest BCUT2D eigenvalue weighted by Gasteiger charge is 2.40. The zero-order valence-corrected chi connectivity index (χ0v) is 42.0. The number of piperidine rings is 2. The predicted octanol–water partition coefficient (Wildman–Crippen LogP) is 5.49. The first kappa shape index (κ1) is 47.5. The zero-order valence-electron chi connectivity index (χ0n) is 39.6. The Morgan fingerprint density at radius 3 is 2.43 bits per heavy atom. The van der Waals surface area contributed by atoms with Crippen molar-refractivity contribution in [2.75, 3.05) is 97.4 Å². The molecule has 0 radical (unpaired) electrons. The maximum absolute atomic E-state index is 13.2. The first-order valence-corrected chi connectivity index (χ1v) is 26.7. The van der Waals surface area contributed by atoms with Gasteiger partial charge in [0.25, 0.3) is 5.91 Å². The van der Waals surface area contributed by atoms with Crippen molar-refractivity contribution in [2.24, 2.45) is 5.92 Å². The Labute approximate surface area is 415 Å². The lowest BCUT2D eigenvalue weighted by atomic mass is 10.00. The summed E-state index contributed by atoms with van der Waals surface area (Å²) in [6.07, 6.45) is 10.6. The molecule has 2 atom stereocenters. The molecule has 0 saturated carbocycles. The Morgan fingerprint density at radius 2 is 1.67 bits per heavy atom. The van der Waals surface area contributed by atoms with Gasteiger partial charge in [-0.3, -0.25) is 44.2 Å². The average molecular weight is 1040 g/mol. The number of likely N-dealkylation sites (tertiary alicyclic amines) is 1. The quantitative estimate of drug-likeness (QED) is 0.101. The van der Waals surface area contributed by atoms with Crippen LogP contribution in [0.2, 0.25) is 0 Å². The number of aryl methyl sites for hydroxylation is 1. The van der Waals surface area contributed by atoms with Crippen LogP contribution in [-0.4, -0.2) is 145 Å². The second kappa shape index (κ2) is 19.9. The van der Waals surface area contributed by atoms with E-state index in [0.717, 1.165) is 101 Å². The van der Waals surface area contributed by atoms with Gasteiger partial charge in [-0.2, -0.15) is 4.98 Å². The van der Waals surface area contributed by atoms with E-state index in [9.17, 15) is 22.8 Å². The maximum Gasteiger partial charge on any atom is 0.255 e. The number of piperazine rings is 1. The van der Waals surface area contributed by atoms with Gasteiger partial charge >= 0.3 is 0 Å². The number of sulfonamides is 1. The summed E-state index contributed by atoms with van der Waals surface area (Å²) in [7, 11) is -1.98. The number of aromatic nitrogens is 4. The van der Waals surface area contributed by atoms with Crippen LogP contribution in [0, 0.1) is 5.92 Å². The van der Waals surface area contributed by atoms with E-state index < -0.39 is 16.1 Å². The summed E-state index contributed by atoms with van der Waals surface area (Å²) in [5.74, 6) is 1.25. The summed E-state index contributed by atoms with van der Waals surface area (Å²) in [6.45, 7) is 11.7. The van der Waals surface area contributed by atoms with E-state index >= 15 is 0 Å². The summed E-state index contributed by atoms with van der Waals surface area (Å²) < 4.78 is 33.9. The molecule has 0 unspecified atom stereocenters. The number of carbonyl (C=O) groups excluding carboxylic acids is 3. The van der Waals surface area contributed by atoms with Gasteiger partial charge in [0.15, 0.2) is 0 Å². The molecule has 368 valence electrons. The van der Waals surface area contributed by atoms with Gasteiger partial charge < -0.3 is 30.1 Å². The van der Waals surface area contributed by atoms with Crippen LogP contribution in [0.3, 0.4) is 0 Å². The number of ether oxygens (including phenoxy) is 1. The molecule has 70 heavy (non-hydrogen) atoms. The molecule has 19 nitrogen and oxygen atoms in total. The van der Waals surface area contributed by atoms with Crippen LogP contribution in [0.25, 0.3) is 11.0 Å². The first-order valence-electron chi connectivity index (χ1n) is 24.0. The fourth-order valence-electron chi connectivity index (χ4n) is 10.8. The van der Waals surface area contributed by atoms with E-state index in [1.165, 1.54) is 23.9 Å². The number of nitrogens with one attached hydrogen (secondary N) is 4. The van der Waals surface area contributed by atoms with Crippen LogP contribution in [0.4, 0.5) is 40.2 Å². The number of methoxy groups -OCH3 is 1. The monoisotopic (exact) mass is 1040 g/mol. The van der Waals surface area contributed by atoms with E-state index in [1.807, 2.05) is 12.1 Å². The van der Waals surface area contributed by atoms with E-state index in [-0.39, 0.29) is 29.8 Å². The molecule has 5 aliphatic heterocycles. The minimum atomic E-state index is -3.65. The number of hydrogen-bond acceptors (Lipinski definition) is 16. The van der Waals surface area contributed by atoms with E-state index in [0.29, 0.717) is 69.2 Å². The summed E-state index contributed by atoms with van der Waals surface area (Å²) in [5.41, 5.74) is 7.44. The molecule has 5 aliphatic rings. The van der Waals surface area contributed by atoms with Crippen LogP contribution in [-0.2, 0) is 32.6 Å². The first-order chi connectivity index (χ1) is 33.8. The molecule has 4 N–H and O–H groups in total. The number of fused-ring (bicyclic) bond motifs is 2. The Morgan fingerprint density at radius 1 is 0.871 bits per heavy atom. The largest absolute Gasteiger partial charge is 0.494 e. The number of anilines is 7. The molecule has 5 aromatic rings. The SMILES string of the molecule is CCc1cc(Nc2ncc(Br)c(Nc3ccc4nccnc4c3NS(C)(=O)=O)n2)c(OC)cc1N1CCC(N2CC[C@@H](CN3CCN(c4ccc5c(c4)CN([C@H]4CCC(=O)NC4=O)C5=O)CC3)C2)CC1. The minimum absolute atomic E-state index is 0.136. The molecule has 4 saturated heterocycles. The number of halogens is 1. The predicted molar refractivity (Wildman–Crippen MR) is 273 cm³/mol. The van der Waals surface area contributed by atoms with Gasteiger partial charge in [-0.1, -0.05) is 6.92 Å². The summed E-state index contributed by atoms with van der Waals surface area (Å²) in [6, 6.07) is 13.7. The Balaban J connectivity index is 0.720. The molecule has 4 fully saturated rings. The van der Waals surface area contributed by atoms with Crippen LogP contribution < -0.4 is 35.2 Å². The number of rotatable bonds is 14. The van der Waals surface area contributed by atoms with E-state index in [2.05, 4.69) is 96.3 Å². The molecule has 10 rings (SSSR count). The number of benzene rings is 3.